The van der Waals surface area contributed by atoms with Crippen molar-refractivity contribution < 1.29 is 18.3 Å². The van der Waals surface area contributed by atoms with Gasteiger partial charge in [-0.25, -0.2) is 0 Å². The summed E-state index contributed by atoms with van der Waals surface area (Å²) < 4.78 is 40.4. The van der Waals surface area contributed by atoms with Crippen LogP contribution in [0.2, 0.25) is 0 Å². The van der Waals surface area contributed by atoms with Crippen molar-refractivity contribution >= 4 is 34.4 Å². The maximum absolute atomic E-state index is 13.5. The Hall–Kier alpha value is -3.13. The molecular formula is C20H13F3N2O2S. The zero-order chi connectivity index (χ0) is 19.9. The molecule has 1 aliphatic rings. The Morgan fingerprint density at radius 2 is 1.82 bits per heavy atom. The van der Waals surface area contributed by atoms with Crippen molar-refractivity contribution in [1.82, 2.24) is 4.98 Å². The molecule has 3 aromatic rings. The predicted octanol–water partition coefficient (Wildman–Crippen LogP) is 5.03. The minimum absolute atomic E-state index is 0.0514. The lowest BCUT2D eigenvalue weighted by Crippen LogP contribution is -2.09. The van der Waals surface area contributed by atoms with Crippen LogP contribution in [0.15, 0.2) is 58.3 Å². The summed E-state index contributed by atoms with van der Waals surface area (Å²) in [5.41, 5.74) is 1.71. The van der Waals surface area contributed by atoms with E-state index in [1.54, 1.807) is 24.4 Å². The van der Waals surface area contributed by atoms with Crippen LogP contribution in [-0.2, 0) is 12.6 Å². The van der Waals surface area contributed by atoms with Crippen LogP contribution in [-0.4, -0.2) is 16.3 Å². The summed E-state index contributed by atoms with van der Waals surface area (Å²) in [6, 6.07) is 12.5. The number of aromatic hydroxyl groups is 1. The van der Waals surface area contributed by atoms with Crippen molar-refractivity contribution in [2.45, 2.75) is 12.6 Å². The standard InChI is InChI=1S/C20H13F3N2O2S/c21-20(22,23)15-7-3-1-5-11(15)9-13(17-18(26)25-19(27)28-17)14-10-24-16-8-4-2-6-12(14)16/h1-8,10,26H,9H2,(H,25,27). The Labute approximate surface area is 161 Å². The quantitative estimate of drug-likeness (QED) is 0.645. The Kier molecular flexibility index (Phi) is 4.43. The summed E-state index contributed by atoms with van der Waals surface area (Å²) in [6.07, 6.45) is -3.08. The molecule has 0 saturated heterocycles. The Morgan fingerprint density at radius 3 is 2.54 bits per heavy atom. The highest BCUT2D eigenvalue weighted by atomic mass is 32.1. The zero-order valence-corrected chi connectivity index (χ0v) is 15.1. The van der Waals surface area contributed by atoms with Gasteiger partial charge in [-0.1, -0.05) is 47.7 Å². The van der Waals surface area contributed by atoms with Gasteiger partial charge >= 0.3 is 11.0 Å². The molecule has 28 heavy (non-hydrogen) atoms. The van der Waals surface area contributed by atoms with Gasteiger partial charge in [0.05, 0.1) is 16.1 Å². The number of rotatable bonds is 3. The fourth-order valence-electron chi connectivity index (χ4n) is 3.22. The van der Waals surface area contributed by atoms with Crippen LogP contribution in [0.1, 0.15) is 21.6 Å². The first kappa shape index (κ1) is 18.2. The van der Waals surface area contributed by atoms with Crippen molar-refractivity contribution in [3.05, 3.63) is 79.8 Å². The average molecular weight is 402 g/mol. The summed E-state index contributed by atoms with van der Waals surface area (Å²) in [4.78, 5) is 18.0. The second-order valence-corrected chi connectivity index (χ2v) is 7.17. The monoisotopic (exact) mass is 402 g/mol. The third-order valence-corrected chi connectivity index (χ3v) is 5.38. The average Bonchev–Trinajstić information content (AvgIpc) is 3.22. The van der Waals surface area contributed by atoms with E-state index in [9.17, 15) is 23.1 Å². The number of aliphatic imine (C=N–C) groups is 1. The number of aromatic amines is 1. The minimum Gasteiger partial charge on any atom is -0.493 e. The molecule has 0 saturated carbocycles. The van der Waals surface area contributed by atoms with Gasteiger partial charge in [-0.05, 0) is 23.3 Å². The van der Waals surface area contributed by atoms with E-state index < -0.39 is 16.6 Å². The molecule has 8 heteroatoms. The zero-order valence-electron chi connectivity index (χ0n) is 14.2. The number of nitrogens with one attached hydrogen (secondary N) is 1. The van der Waals surface area contributed by atoms with Gasteiger partial charge in [0.25, 0.3) is 0 Å². The third kappa shape index (κ3) is 3.27. The molecule has 2 aromatic carbocycles. The van der Waals surface area contributed by atoms with Crippen molar-refractivity contribution in [3.63, 3.8) is 0 Å². The van der Waals surface area contributed by atoms with Crippen LogP contribution in [0.25, 0.3) is 11.1 Å². The number of thiazole rings is 1. The molecule has 0 amide bonds. The number of fused-ring (bicyclic) bond motifs is 1. The van der Waals surface area contributed by atoms with Gasteiger partial charge in [-0.15, -0.1) is 0 Å². The molecule has 0 radical (unpaired) electrons. The second-order valence-electron chi connectivity index (χ2n) is 6.19. The van der Waals surface area contributed by atoms with Crippen LogP contribution in [0.4, 0.5) is 18.9 Å². The molecule has 0 aliphatic carbocycles. The normalized spacial score (nSPS) is 15.0. The smallest absolute Gasteiger partial charge is 0.416 e. The van der Waals surface area contributed by atoms with Crippen molar-refractivity contribution in [2.75, 3.05) is 0 Å². The molecule has 0 bridgehead atoms. The molecule has 0 atom stereocenters. The molecule has 0 unspecified atom stereocenters. The number of para-hydroxylation sites is 1. The van der Waals surface area contributed by atoms with E-state index in [0.29, 0.717) is 16.8 Å². The van der Waals surface area contributed by atoms with Crippen molar-refractivity contribution in [2.24, 2.45) is 4.99 Å². The van der Waals surface area contributed by atoms with Crippen LogP contribution < -0.4 is 4.87 Å². The van der Waals surface area contributed by atoms with Crippen LogP contribution in [0, 0.1) is 0 Å². The fourth-order valence-corrected chi connectivity index (χ4v) is 4.01. The predicted molar refractivity (Wildman–Crippen MR) is 103 cm³/mol. The Morgan fingerprint density at radius 1 is 1.11 bits per heavy atom. The SMILES string of the molecule is O=c1[nH]c(O)c(C(Cc2ccccc2C(F)(F)F)=C2C=Nc3ccccc32)s1. The van der Waals surface area contributed by atoms with Gasteiger partial charge in [0.15, 0.2) is 0 Å². The van der Waals surface area contributed by atoms with E-state index in [1.165, 1.54) is 18.2 Å². The van der Waals surface area contributed by atoms with Crippen molar-refractivity contribution in [3.8, 4) is 5.88 Å². The van der Waals surface area contributed by atoms with Crippen LogP contribution >= 0.6 is 11.3 Å². The van der Waals surface area contributed by atoms with E-state index in [1.807, 2.05) is 6.07 Å². The Balaban J connectivity index is 1.93. The molecule has 4 rings (SSSR count). The number of aromatic nitrogens is 1. The highest BCUT2D eigenvalue weighted by molar-refractivity contribution is 7.10. The molecule has 0 fully saturated rings. The minimum atomic E-state index is -4.51. The highest BCUT2D eigenvalue weighted by Crippen LogP contribution is 2.41. The molecular weight excluding hydrogens is 389 g/mol. The number of nitrogens with zero attached hydrogens (tertiary/aromatic N) is 1. The summed E-state index contributed by atoms with van der Waals surface area (Å²) >= 11 is 0.755. The lowest BCUT2D eigenvalue weighted by molar-refractivity contribution is -0.138. The van der Waals surface area contributed by atoms with Gasteiger partial charge < -0.3 is 5.11 Å². The van der Waals surface area contributed by atoms with Gasteiger partial charge in [-0.2, -0.15) is 13.2 Å². The van der Waals surface area contributed by atoms with E-state index >= 15 is 0 Å². The largest absolute Gasteiger partial charge is 0.493 e. The summed E-state index contributed by atoms with van der Waals surface area (Å²) in [6.45, 7) is 0. The number of allylic oxidation sites excluding steroid dienone is 2. The van der Waals surface area contributed by atoms with E-state index in [0.717, 1.165) is 23.0 Å². The second kappa shape index (κ2) is 6.79. The van der Waals surface area contributed by atoms with E-state index in [4.69, 9.17) is 0 Å². The van der Waals surface area contributed by atoms with Crippen LogP contribution in [0.5, 0.6) is 5.88 Å². The lowest BCUT2D eigenvalue weighted by Gasteiger charge is -2.15. The Bertz CT molecular complexity index is 1170. The van der Waals surface area contributed by atoms with Crippen molar-refractivity contribution in [1.29, 1.82) is 0 Å². The summed E-state index contributed by atoms with van der Waals surface area (Å²) in [7, 11) is 0. The summed E-state index contributed by atoms with van der Waals surface area (Å²) in [5.74, 6) is -0.361. The van der Waals surface area contributed by atoms with E-state index in [-0.39, 0.29) is 22.7 Å². The first-order valence-electron chi connectivity index (χ1n) is 8.29. The number of H-pyrrole nitrogens is 1. The molecule has 4 nitrogen and oxygen atoms in total. The van der Waals surface area contributed by atoms with Gasteiger partial charge in [-0.3, -0.25) is 14.8 Å². The molecule has 2 N–H and O–H groups in total. The topological polar surface area (TPSA) is 65.5 Å². The molecule has 0 spiro atoms. The van der Waals surface area contributed by atoms with Gasteiger partial charge in [0.1, 0.15) is 0 Å². The first-order chi connectivity index (χ1) is 13.3. The number of hydrogen-bond acceptors (Lipinski definition) is 4. The number of hydrogen-bond donors (Lipinski definition) is 2. The van der Waals surface area contributed by atoms with Gasteiger partial charge in [0, 0.05) is 23.8 Å². The molecule has 142 valence electrons. The maximum Gasteiger partial charge on any atom is 0.416 e. The third-order valence-electron chi connectivity index (χ3n) is 4.45. The van der Waals surface area contributed by atoms with Gasteiger partial charge in [0.2, 0.25) is 5.88 Å². The van der Waals surface area contributed by atoms with Crippen LogP contribution in [0.3, 0.4) is 0 Å². The maximum atomic E-state index is 13.5. The lowest BCUT2D eigenvalue weighted by atomic mass is 9.93. The number of benzene rings is 2. The van der Waals surface area contributed by atoms with E-state index in [2.05, 4.69) is 9.98 Å². The molecule has 1 aromatic heterocycles. The fraction of sp³-hybridized carbons (Fsp3) is 0.100. The first-order valence-corrected chi connectivity index (χ1v) is 9.10. The summed E-state index contributed by atoms with van der Waals surface area (Å²) in [5, 5.41) is 10.2. The number of halogens is 3. The highest BCUT2D eigenvalue weighted by Gasteiger charge is 2.33. The molecule has 1 aliphatic heterocycles. The molecule has 2 heterocycles. The number of alkyl halides is 3.